The van der Waals surface area contributed by atoms with Gasteiger partial charge in [-0.15, -0.1) is 0 Å². The Balaban J connectivity index is 3.89. The molecule has 0 aliphatic rings. The van der Waals surface area contributed by atoms with Crippen molar-refractivity contribution in [3.63, 3.8) is 0 Å². The number of hydrogen-bond donors (Lipinski definition) is 1. The molecular formula is C43H74BrNO5. The fourth-order valence-corrected chi connectivity index (χ4v) is 5.68. The molecule has 0 atom stereocenters. The number of unbranched alkanes of at least 4 members (excludes halogenated alkanes) is 18. The van der Waals surface area contributed by atoms with Crippen LogP contribution < -0.4 is 5.32 Å². The summed E-state index contributed by atoms with van der Waals surface area (Å²) in [5.41, 5.74) is 0. The highest BCUT2D eigenvalue weighted by Gasteiger charge is 2.21. The first-order valence-corrected chi connectivity index (χ1v) is 21.4. The summed E-state index contributed by atoms with van der Waals surface area (Å²) in [6.45, 7) is 5.20. The summed E-state index contributed by atoms with van der Waals surface area (Å²) in [6.07, 6.45) is 45.9. The number of halogens is 1. The zero-order chi connectivity index (χ0) is 36.6. The maximum Gasteiger partial charge on any atom is 0.307 e. The number of amides is 1. The number of allylic oxidation sites excluding steroid dienone is 8. The lowest BCUT2D eigenvalue weighted by molar-refractivity contribution is -0.146. The number of rotatable bonds is 36. The second-order valence-corrected chi connectivity index (χ2v) is 14.0. The summed E-state index contributed by atoms with van der Waals surface area (Å²) < 4.78 is 10.8. The van der Waals surface area contributed by atoms with E-state index in [1.807, 2.05) is 0 Å². The summed E-state index contributed by atoms with van der Waals surface area (Å²) in [4.78, 5) is 36.8. The minimum Gasteiger partial charge on any atom is -0.466 e. The normalized spacial score (nSPS) is 11.9. The topological polar surface area (TPSA) is 81.7 Å². The average molecular weight is 765 g/mol. The number of ether oxygens (including phenoxy) is 2. The first-order valence-electron chi connectivity index (χ1n) is 20.3. The van der Waals surface area contributed by atoms with E-state index in [9.17, 15) is 14.4 Å². The van der Waals surface area contributed by atoms with E-state index in [0.29, 0.717) is 13.2 Å². The predicted octanol–water partition coefficient (Wildman–Crippen LogP) is 12.4. The Morgan fingerprint density at radius 1 is 0.500 bits per heavy atom. The van der Waals surface area contributed by atoms with Gasteiger partial charge in [-0.3, -0.25) is 14.4 Å². The van der Waals surface area contributed by atoms with Crippen molar-refractivity contribution in [3.8, 4) is 0 Å². The second kappa shape index (κ2) is 39.6. The molecule has 0 rings (SSSR count). The van der Waals surface area contributed by atoms with Crippen molar-refractivity contribution in [2.45, 2.75) is 187 Å². The molecule has 1 N–H and O–H groups in total. The molecule has 0 radical (unpaired) electrons. The van der Waals surface area contributed by atoms with Gasteiger partial charge in [0.2, 0.25) is 5.91 Å². The van der Waals surface area contributed by atoms with E-state index >= 15 is 0 Å². The van der Waals surface area contributed by atoms with Gasteiger partial charge >= 0.3 is 11.9 Å². The third-order valence-corrected chi connectivity index (χ3v) is 9.04. The monoisotopic (exact) mass is 763 g/mol. The quantitative estimate of drug-likeness (QED) is 0.0297. The van der Waals surface area contributed by atoms with Crippen molar-refractivity contribution in [1.82, 2.24) is 5.32 Å². The molecule has 0 aliphatic heterocycles. The summed E-state index contributed by atoms with van der Waals surface area (Å²) in [7, 11) is 0. The molecule has 0 aromatic carbocycles. The Kier molecular flexibility index (Phi) is 37.9. The Bertz CT molecular complexity index is 849. The van der Waals surface area contributed by atoms with Crippen LogP contribution in [-0.2, 0) is 23.9 Å². The van der Waals surface area contributed by atoms with Crippen molar-refractivity contribution in [3.05, 3.63) is 48.6 Å². The molecule has 0 aromatic rings. The minimum atomic E-state index is -0.633. The Morgan fingerprint density at radius 2 is 0.840 bits per heavy atom. The molecule has 0 saturated carbocycles. The molecule has 0 aliphatic carbocycles. The van der Waals surface area contributed by atoms with Crippen molar-refractivity contribution < 1.29 is 23.9 Å². The molecule has 6 nitrogen and oxygen atoms in total. The van der Waals surface area contributed by atoms with Crippen LogP contribution in [0.3, 0.4) is 0 Å². The third-order valence-electron chi connectivity index (χ3n) is 8.53. The Hall–Kier alpha value is -2.15. The lowest BCUT2D eigenvalue weighted by atomic mass is 10.1. The number of nitrogens with one attached hydrogen (secondary N) is 1. The van der Waals surface area contributed by atoms with Gasteiger partial charge in [0, 0.05) is 6.04 Å². The molecule has 50 heavy (non-hydrogen) atoms. The lowest BCUT2D eigenvalue weighted by Crippen LogP contribution is -2.39. The molecule has 0 unspecified atom stereocenters. The van der Waals surface area contributed by atoms with E-state index < -0.39 is 18.0 Å². The van der Waals surface area contributed by atoms with Crippen molar-refractivity contribution in [1.29, 1.82) is 0 Å². The van der Waals surface area contributed by atoms with Gasteiger partial charge in [-0.25, -0.2) is 0 Å². The van der Waals surface area contributed by atoms with E-state index in [2.05, 4.69) is 83.7 Å². The first-order chi connectivity index (χ1) is 24.5. The standard InChI is InChI=1S/C43H74BrNO5/c1-3-5-7-9-11-13-15-17-19-21-23-25-27-29-31-33-35-49-42(47)37-40(45-41(46)39-44)38-43(48)50-36-34-32-30-28-26-24-22-20-18-16-14-12-10-8-6-4-2/h11-14,17-20,40H,3-10,15-16,21-39H2,1-2H3,(H,45,46)/b13-11-,14-12-,19-17-,20-18-. The van der Waals surface area contributed by atoms with Gasteiger partial charge in [0.25, 0.3) is 0 Å². The fraction of sp³-hybridized carbons (Fsp3) is 0.744. The minimum absolute atomic E-state index is 0.0407. The van der Waals surface area contributed by atoms with Gasteiger partial charge in [0.1, 0.15) is 0 Å². The molecule has 0 aromatic heterocycles. The number of carbonyl (C=O) groups is 3. The summed E-state index contributed by atoms with van der Waals surface area (Å²) in [5.74, 6) is -1.07. The van der Waals surface area contributed by atoms with Crippen LogP contribution in [-0.4, -0.2) is 42.4 Å². The number of carbonyl (C=O) groups excluding carboxylic acids is 3. The molecular weight excluding hydrogens is 690 g/mol. The molecule has 7 heteroatoms. The van der Waals surface area contributed by atoms with Gasteiger partial charge in [-0.05, 0) is 77.0 Å². The number of hydrogen-bond acceptors (Lipinski definition) is 5. The molecule has 0 fully saturated rings. The zero-order valence-electron chi connectivity index (χ0n) is 32.1. The Morgan fingerprint density at radius 3 is 1.20 bits per heavy atom. The summed E-state index contributed by atoms with van der Waals surface area (Å²) in [6, 6.07) is -0.633. The second-order valence-electron chi connectivity index (χ2n) is 13.4. The van der Waals surface area contributed by atoms with Crippen LogP contribution in [0.15, 0.2) is 48.6 Å². The van der Waals surface area contributed by atoms with Crippen LogP contribution in [0.2, 0.25) is 0 Å². The Labute approximate surface area is 315 Å². The SMILES string of the molecule is CCCCC/C=C\C/C=C\CCCCCCCCOC(=O)CC(CC(=O)OCCCCCCCC/C=C\C/C=C\CCCCC)NC(=O)CBr. The highest BCUT2D eigenvalue weighted by atomic mass is 79.9. The van der Waals surface area contributed by atoms with Crippen LogP contribution in [0.4, 0.5) is 0 Å². The van der Waals surface area contributed by atoms with Crippen LogP contribution >= 0.6 is 15.9 Å². The molecule has 0 bridgehead atoms. The summed E-state index contributed by atoms with van der Waals surface area (Å²) >= 11 is 3.13. The smallest absolute Gasteiger partial charge is 0.307 e. The van der Waals surface area contributed by atoms with Gasteiger partial charge in [-0.2, -0.15) is 0 Å². The van der Waals surface area contributed by atoms with Crippen molar-refractivity contribution >= 4 is 33.8 Å². The number of esters is 2. The van der Waals surface area contributed by atoms with E-state index in [0.717, 1.165) is 64.2 Å². The van der Waals surface area contributed by atoms with E-state index in [1.165, 1.54) is 89.9 Å². The van der Waals surface area contributed by atoms with Crippen molar-refractivity contribution in [2.75, 3.05) is 18.5 Å². The van der Waals surface area contributed by atoms with Gasteiger partial charge in [0.15, 0.2) is 0 Å². The maximum absolute atomic E-state index is 12.4. The largest absolute Gasteiger partial charge is 0.466 e. The lowest BCUT2D eigenvalue weighted by Gasteiger charge is -2.17. The molecule has 288 valence electrons. The van der Waals surface area contributed by atoms with E-state index in [-0.39, 0.29) is 24.1 Å². The fourth-order valence-electron chi connectivity index (χ4n) is 5.51. The van der Waals surface area contributed by atoms with Gasteiger partial charge in [-0.1, -0.05) is 155 Å². The molecule has 0 spiro atoms. The van der Waals surface area contributed by atoms with Gasteiger partial charge < -0.3 is 14.8 Å². The summed E-state index contributed by atoms with van der Waals surface area (Å²) in [5, 5.41) is 2.85. The van der Waals surface area contributed by atoms with Crippen LogP contribution in [0.1, 0.15) is 181 Å². The van der Waals surface area contributed by atoms with Gasteiger partial charge in [0.05, 0.1) is 31.4 Å². The van der Waals surface area contributed by atoms with E-state index in [1.54, 1.807) is 0 Å². The molecule has 1 amide bonds. The maximum atomic E-state index is 12.4. The van der Waals surface area contributed by atoms with E-state index in [4.69, 9.17) is 9.47 Å². The molecule has 0 saturated heterocycles. The third kappa shape index (κ3) is 37.1. The van der Waals surface area contributed by atoms with Crippen LogP contribution in [0.25, 0.3) is 0 Å². The van der Waals surface area contributed by atoms with Crippen molar-refractivity contribution in [2.24, 2.45) is 0 Å². The highest BCUT2D eigenvalue weighted by molar-refractivity contribution is 9.09. The average Bonchev–Trinajstić information content (AvgIpc) is 3.10. The number of alkyl halides is 1. The zero-order valence-corrected chi connectivity index (χ0v) is 33.7. The molecule has 0 heterocycles. The van der Waals surface area contributed by atoms with Crippen LogP contribution in [0.5, 0.6) is 0 Å². The highest BCUT2D eigenvalue weighted by Crippen LogP contribution is 2.11. The first kappa shape index (κ1) is 47.8. The predicted molar refractivity (Wildman–Crippen MR) is 216 cm³/mol. The van der Waals surface area contributed by atoms with Crippen LogP contribution in [0, 0.1) is 0 Å².